The molecule has 5 rings (SSSR count). The minimum atomic E-state index is -0.155. The van der Waals surface area contributed by atoms with Gasteiger partial charge in [-0.05, 0) is 55.2 Å². The van der Waals surface area contributed by atoms with Crippen LogP contribution in [-0.4, -0.2) is 30.8 Å². The Bertz CT molecular complexity index is 1210. The Morgan fingerprint density at radius 2 is 2.11 bits per heavy atom. The quantitative estimate of drug-likeness (QED) is 0.581. The van der Waals surface area contributed by atoms with Gasteiger partial charge in [-0.1, -0.05) is 6.07 Å². The molecule has 7 heteroatoms. The smallest absolute Gasteiger partial charge is 0.258 e. The van der Waals surface area contributed by atoms with Crippen molar-refractivity contribution in [3.05, 3.63) is 76.2 Å². The van der Waals surface area contributed by atoms with Crippen LogP contribution in [0.1, 0.15) is 29.8 Å². The summed E-state index contributed by atoms with van der Waals surface area (Å²) in [6, 6.07) is 9.36. The molecule has 1 aliphatic carbocycles. The molecule has 140 valence electrons. The molecule has 0 amide bonds. The van der Waals surface area contributed by atoms with Crippen molar-refractivity contribution in [2.75, 3.05) is 0 Å². The summed E-state index contributed by atoms with van der Waals surface area (Å²) in [6.45, 7) is 1.99. The molecule has 0 radical (unpaired) electrons. The summed E-state index contributed by atoms with van der Waals surface area (Å²) in [5, 5.41) is 4.80. The molecule has 0 bridgehead atoms. The number of aromatic nitrogens is 5. The highest BCUT2D eigenvalue weighted by Gasteiger charge is 2.23. The third-order valence-corrected chi connectivity index (χ3v) is 4.68. The lowest BCUT2D eigenvalue weighted by Crippen LogP contribution is -2.12. The van der Waals surface area contributed by atoms with E-state index in [1.54, 1.807) is 23.1 Å². The molecular weight excluding hydrogens is 354 g/mol. The molecule has 0 aliphatic heterocycles. The second-order valence-corrected chi connectivity index (χ2v) is 7.17. The number of fused-ring (bicyclic) bond motifs is 1. The molecule has 4 aromatic rings. The summed E-state index contributed by atoms with van der Waals surface area (Å²) < 4.78 is 7.50. The average molecular weight is 373 g/mol. The number of rotatable bonds is 5. The maximum atomic E-state index is 12.5. The van der Waals surface area contributed by atoms with E-state index in [9.17, 15) is 4.79 Å². The number of nitrogens with one attached hydrogen (secondary N) is 1. The van der Waals surface area contributed by atoms with Gasteiger partial charge in [-0.2, -0.15) is 5.10 Å². The molecule has 3 heterocycles. The van der Waals surface area contributed by atoms with Crippen molar-refractivity contribution in [1.29, 1.82) is 0 Å². The minimum absolute atomic E-state index is 0.155. The van der Waals surface area contributed by atoms with Crippen molar-refractivity contribution < 1.29 is 4.74 Å². The second-order valence-electron chi connectivity index (χ2n) is 7.17. The first-order chi connectivity index (χ1) is 13.6. The standard InChI is InChI=1S/C21H19N5O2/c1-13-10-23-26(12-13)20-7-2-14(11-22-20)8-19-24-18-6-5-16(28-15-3-4-15)9-17(18)21(27)25-19/h2,5-7,9-12,15H,3-4,8H2,1H3,(H,24,25,27). The molecule has 1 saturated carbocycles. The predicted octanol–water partition coefficient (Wildman–Crippen LogP) is 2.94. The normalized spacial score (nSPS) is 13.8. The Kier molecular flexibility index (Phi) is 3.93. The number of hydrogen-bond donors (Lipinski definition) is 1. The van der Waals surface area contributed by atoms with E-state index < -0.39 is 0 Å². The Hall–Kier alpha value is -3.48. The van der Waals surface area contributed by atoms with Gasteiger partial charge in [0.2, 0.25) is 0 Å². The number of ether oxygens (including phenoxy) is 1. The van der Waals surface area contributed by atoms with E-state index in [4.69, 9.17) is 4.74 Å². The van der Waals surface area contributed by atoms with Crippen molar-refractivity contribution in [3.63, 3.8) is 0 Å². The highest BCUT2D eigenvalue weighted by atomic mass is 16.5. The van der Waals surface area contributed by atoms with E-state index in [-0.39, 0.29) is 5.56 Å². The van der Waals surface area contributed by atoms with Crippen LogP contribution in [0, 0.1) is 6.92 Å². The first-order valence-corrected chi connectivity index (χ1v) is 9.30. The van der Waals surface area contributed by atoms with Crippen molar-refractivity contribution in [2.45, 2.75) is 32.3 Å². The first kappa shape index (κ1) is 16.7. The lowest BCUT2D eigenvalue weighted by molar-refractivity contribution is 0.303. The number of H-pyrrole nitrogens is 1. The number of pyridine rings is 1. The predicted molar refractivity (Wildman–Crippen MR) is 105 cm³/mol. The fraction of sp³-hybridized carbons (Fsp3) is 0.238. The number of nitrogens with zero attached hydrogens (tertiary/aromatic N) is 4. The van der Waals surface area contributed by atoms with Crippen LogP contribution in [0.25, 0.3) is 16.7 Å². The molecule has 1 N–H and O–H groups in total. The molecule has 0 atom stereocenters. The van der Waals surface area contributed by atoms with Crippen LogP contribution in [-0.2, 0) is 6.42 Å². The summed E-state index contributed by atoms with van der Waals surface area (Å²) in [5.74, 6) is 2.08. The van der Waals surface area contributed by atoms with E-state index in [1.807, 2.05) is 37.4 Å². The minimum Gasteiger partial charge on any atom is -0.490 e. The fourth-order valence-corrected chi connectivity index (χ4v) is 3.09. The number of hydrogen-bond acceptors (Lipinski definition) is 5. The van der Waals surface area contributed by atoms with Crippen molar-refractivity contribution in [2.24, 2.45) is 0 Å². The number of aromatic amines is 1. The van der Waals surface area contributed by atoms with Gasteiger partial charge in [0.15, 0.2) is 5.82 Å². The average Bonchev–Trinajstić information content (AvgIpc) is 3.40. The van der Waals surface area contributed by atoms with Gasteiger partial charge in [0.1, 0.15) is 11.6 Å². The zero-order valence-electron chi connectivity index (χ0n) is 15.4. The molecule has 7 nitrogen and oxygen atoms in total. The van der Waals surface area contributed by atoms with Crippen LogP contribution in [0.4, 0.5) is 0 Å². The SMILES string of the molecule is Cc1cnn(-c2ccc(Cc3nc4ccc(OC5CC5)cc4c(=O)[nH]3)cn2)c1. The fourth-order valence-electron chi connectivity index (χ4n) is 3.09. The Labute approximate surface area is 161 Å². The van der Waals surface area contributed by atoms with E-state index >= 15 is 0 Å². The largest absolute Gasteiger partial charge is 0.490 e. The Balaban J connectivity index is 1.39. The van der Waals surface area contributed by atoms with Crippen LogP contribution in [0.3, 0.4) is 0 Å². The summed E-state index contributed by atoms with van der Waals surface area (Å²) in [6.07, 6.45) is 8.45. The van der Waals surface area contributed by atoms with Crippen molar-refractivity contribution in [1.82, 2.24) is 24.7 Å². The number of aryl methyl sites for hydroxylation is 1. The highest BCUT2D eigenvalue weighted by Crippen LogP contribution is 2.27. The third-order valence-electron chi connectivity index (χ3n) is 4.68. The molecule has 28 heavy (non-hydrogen) atoms. The topological polar surface area (TPSA) is 85.7 Å². The molecule has 0 saturated heterocycles. The summed E-state index contributed by atoms with van der Waals surface area (Å²) in [5.41, 5.74) is 2.55. The van der Waals surface area contributed by atoms with Gasteiger partial charge < -0.3 is 9.72 Å². The van der Waals surface area contributed by atoms with E-state index in [0.717, 1.165) is 35.5 Å². The zero-order chi connectivity index (χ0) is 19.1. The molecule has 0 unspecified atom stereocenters. The van der Waals surface area contributed by atoms with Gasteiger partial charge in [0, 0.05) is 18.8 Å². The van der Waals surface area contributed by atoms with Gasteiger partial charge in [-0.3, -0.25) is 4.79 Å². The molecular formula is C21H19N5O2. The maximum absolute atomic E-state index is 12.5. The van der Waals surface area contributed by atoms with Crippen LogP contribution in [0.2, 0.25) is 0 Å². The van der Waals surface area contributed by atoms with E-state index in [0.29, 0.717) is 29.3 Å². The van der Waals surface area contributed by atoms with Crippen LogP contribution in [0.5, 0.6) is 5.75 Å². The Morgan fingerprint density at radius 1 is 1.21 bits per heavy atom. The van der Waals surface area contributed by atoms with Gasteiger partial charge in [-0.15, -0.1) is 0 Å². The molecule has 1 fully saturated rings. The zero-order valence-corrected chi connectivity index (χ0v) is 15.4. The van der Waals surface area contributed by atoms with Gasteiger partial charge in [0.05, 0.1) is 23.2 Å². The monoisotopic (exact) mass is 373 g/mol. The molecule has 0 spiro atoms. The Morgan fingerprint density at radius 3 is 2.82 bits per heavy atom. The molecule has 1 aromatic carbocycles. The highest BCUT2D eigenvalue weighted by molar-refractivity contribution is 5.79. The van der Waals surface area contributed by atoms with Gasteiger partial charge in [-0.25, -0.2) is 14.6 Å². The van der Waals surface area contributed by atoms with Crippen LogP contribution >= 0.6 is 0 Å². The third kappa shape index (κ3) is 3.38. The van der Waals surface area contributed by atoms with Crippen LogP contribution < -0.4 is 10.3 Å². The summed E-state index contributed by atoms with van der Waals surface area (Å²) in [7, 11) is 0. The lowest BCUT2D eigenvalue weighted by atomic mass is 10.2. The van der Waals surface area contributed by atoms with E-state index in [1.165, 1.54) is 0 Å². The van der Waals surface area contributed by atoms with Crippen LogP contribution in [0.15, 0.2) is 53.7 Å². The summed E-state index contributed by atoms with van der Waals surface area (Å²) in [4.78, 5) is 24.4. The van der Waals surface area contributed by atoms with Gasteiger partial charge in [0.25, 0.3) is 5.56 Å². The first-order valence-electron chi connectivity index (χ1n) is 9.30. The number of benzene rings is 1. The summed E-state index contributed by atoms with van der Waals surface area (Å²) >= 11 is 0. The second kappa shape index (κ2) is 6.60. The maximum Gasteiger partial charge on any atom is 0.258 e. The lowest BCUT2D eigenvalue weighted by Gasteiger charge is -2.07. The van der Waals surface area contributed by atoms with Crippen molar-refractivity contribution >= 4 is 10.9 Å². The molecule has 3 aromatic heterocycles. The van der Waals surface area contributed by atoms with Crippen molar-refractivity contribution in [3.8, 4) is 11.6 Å². The van der Waals surface area contributed by atoms with E-state index in [2.05, 4.69) is 20.1 Å². The molecule has 1 aliphatic rings. The van der Waals surface area contributed by atoms with Gasteiger partial charge >= 0.3 is 0 Å².